The van der Waals surface area contributed by atoms with E-state index in [0.717, 1.165) is 0 Å². The van der Waals surface area contributed by atoms with Crippen molar-refractivity contribution >= 4 is 23.6 Å². The molecule has 0 rings (SSSR count). The van der Waals surface area contributed by atoms with Gasteiger partial charge < -0.3 is 10.4 Å². The van der Waals surface area contributed by atoms with E-state index in [-0.39, 0.29) is 0 Å². The highest BCUT2D eigenvalue weighted by Crippen LogP contribution is 2.20. The minimum atomic E-state index is -4.32. The number of hydrogen-bond donors (Lipinski definition) is 2. The first-order valence-electron chi connectivity index (χ1n) is 3.89. The molecule has 0 unspecified atom stereocenters. The summed E-state index contributed by atoms with van der Waals surface area (Å²) in [5.41, 5.74) is 0. The third-order valence-electron chi connectivity index (χ3n) is 1.25. The summed E-state index contributed by atoms with van der Waals surface area (Å²) >= 11 is 0.392. The number of carboxylic acid groups (broad SMARTS) is 1. The van der Waals surface area contributed by atoms with Crippen molar-refractivity contribution < 1.29 is 27.9 Å². The standard InChI is InChI=1S/C7H10F3NO3S/c1-4(6(13)14)11-5(12)2-15-3-7(8,9)10/h4H,2-3H2,1H3,(H,11,12)(H,13,14)/t4-/m1/s1. The summed E-state index contributed by atoms with van der Waals surface area (Å²) in [6.45, 7) is 1.23. The Bertz CT molecular complexity index is 244. The number of carbonyl (C=O) groups is 2. The highest BCUT2D eigenvalue weighted by atomic mass is 32.2. The molecule has 0 aliphatic carbocycles. The summed E-state index contributed by atoms with van der Waals surface area (Å²) in [5.74, 6) is -3.48. The van der Waals surface area contributed by atoms with Crippen molar-refractivity contribution in [3.05, 3.63) is 0 Å². The summed E-state index contributed by atoms with van der Waals surface area (Å²) < 4.78 is 35.0. The zero-order chi connectivity index (χ0) is 12.1. The summed E-state index contributed by atoms with van der Waals surface area (Å²) in [4.78, 5) is 21.1. The topological polar surface area (TPSA) is 66.4 Å². The van der Waals surface area contributed by atoms with E-state index < -0.39 is 35.6 Å². The van der Waals surface area contributed by atoms with Crippen LogP contribution >= 0.6 is 11.8 Å². The van der Waals surface area contributed by atoms with E-state index in [9.17, 15) is 22.8 Å². The first-order valence-corrected chi connectivity index (χ1v) is 5.04. The van der Waals surface area contributed by atoms with Gasteiger partial charge >= 0.3 is 12.1 Å². The fourth-order valence-electron chi connectivity index (χ4n) is 0.604. The van der Waals surface area contributed by atoms with Crippen LogP contribution in [0.1, 0.15) is 6.92 Å². The number of alkyl halides is 3. The van der Waals surface area contributed by atoms with Gasteiger partial charge in [0.15, 0.2) is 0 Å². The van der Waals surface area contributed by atoms with Crippen LogP contribution in [0.15, 0.2) is 0 Å². The van der Waals surface area contributed by atoms with Gasteiger partial charge in [0, 0.05) is 0 Å². The average molecular weight is 245 g/mol. The second-order valence-corrected chi connectivity index (χ2v) is 3.72. The zero-order valence-electron chi connectivity index (χ0n) is 7.80. The molecule has 0 bridgehead atoms. The van der Waals surface area contributed by atoms with Crippen molar-refractivity contribution in [2.45, 2.75) is 19.1 Å². The number of aliphatic carboxylic acids is 1. The van der Waals surface area contributed by atoms with Crippen LogP contribution in [0.4, 0.5) is 13.2 Å². The molecule has 0 aliphatic heterocycles. The molecule has 88 valence electrons. The summed E-state index contributed by atoms with van der Waals surface area (Å²) in [5, 5.41) is 10.4. The van der Waals surface area contributed by atoms with Crippen molar-refractivity contribution in [1.29, 1.82) is 0 Å². The Hall–Kier alpha value is -0.920. The van der Waals surface area contributed by atoms with Crippen LogP contribution in [0.5, 0.6) is 0 Å². The molecular weight excluding hydrogens is 235 g/mol. The smallest absolute Gasteiger partial charge is 0.397 e. The quantitative estimate of drug-likeness (QED) is 0.754. The lowest BCUT2D eigenvalue weighted by Crippen LogP contribution is -2.39. The molecule has 0 saturated heterocycles. The van der Waals surface area contributed by atoms with Gasteiger partial charge in [-0.15, -0.1) is 11.8 Å². The first-order chi connectivity index (χ1) is 6.72. The molecule has 0 aromatic heterocycles. The van der Waals surface area contributed by atoms with E-state index in [2.05, 4.69) is 0 Å². The molecular formula is C7H10F3NO3S. The minimum absolute atomic E-state index is 0.392. The Balaban J connectivity index is 3.72. The number of hydrogen-bond acceptors (Lipinski definition) is 3. The van der Waals surface area contributed by atoms with Gasteiger partial charge in [0.05, 0.1) is 11.5 Å². The molecule has 1 amide bonds. The molecule has 0 heterocycles. The monoisotopic (exact) mass is 245 g/mol. The SMILES string of the molecule is C[C@@H](NC(=O)CSCC(F)(F)F)C(=O)O. The molecule has 0 fully saturated rings. The fraction of sp³-hybridized carbons (Fsp3) is 0.714. The number of thioether (sulfide) groups is 1. The number of carbonyl (C=O) groups excluding carboxylic acids is 1. The Morgan fingerprint density at radius 3 is 2.40 bits per heavy atom. The first kappa shape index (κ1) is 14.1. The van der Waals surface area contributed by atoms with Crippen molar-refractivity contribution in [2.75, 3.05) is 11.5 Å². The van der Waals surface area contributed by atoms with Gasteiger partial charge in [-0.1, -0.05) is 0 Å². The maximum absolute atomic E-state index is 11.7. The zero-order valence-corrected chi connectivity index (χ0v) is 8.61. The molecule has 15 heavy (non-hydrogen) atoms. The molecule has 0 aliphatic rings. The molecule has 0 saturated carbocycles. The number of rotatable bonds is 5. The van der Waals surface area contributed by atoms with Gasteiger partial charge in [0.25, 0.3) is 0 Å². The van der Waals surface area contributed by atoms with Crippen molar-refractivity contribution in [3.8, 4) is 0 Å². The van der Waals surface area contributed by atoms with Crippen molar-refractivity contribution in [2.24, 2.45) is 0 Å². The van der Waals surface area contributed by atoms with Crippen LogP contribution in [0.25, 0.3) is 0 Å². The van der Waals surface area contributed by atoms with Gasteiger partial charge in [-0.05, 0) is 6.92 Å². The normalized spacial score (nSPS) is 13.3. The highest BCUT2D eigenvalue weighted by molar-refractivity contribution is 8.00. The van der Waals surface area contributed by atoms with Crippen molar-refractivity contribution in [3.63, 3.8) is 0 Å². The number of carboxylic acids is 1. The van der Waals surface area contributed by atoms with E-state index in [0.29, 0.717) is 11.8 Å². The Morgan fingerprint density at radius 2 is 2.00 bits per heavy atom. The van der Waals surface area contributed by atoms with Gasteiger partial charge in [0.1, 0.15) is 6.04 Å². The lowest BCUT2D eigenvalue weighted by Gasteiger charge is -2.09. The predicted molar refractivity (Wildman–Crippen MR) is 48.6 cm³/mol. The highest BCUT2D eigenvalue weighted by Gasteiger charge is 2.27. The number of nitrogens with one attached hydrogen (secondary N) is 1. The minimum Gasteiger partial charge on any atom is -0.480 e. The molecule has 1 atom stereocenters. The van der Waals surface area contributed by atoms with Crippen LogP contribution in [-0.2, 0) is 9.59 Å². The van der Waals surface area contributed by atoms with E-state index in [4.69, 9.17) is 5.11 Å². The van der Waals surface area contributed by atoms with Crippen LogP contribution in [-0.4, -0.2) is 40.7 Å². The molecule has 0 aromatic rings. The molecule has 0 spiro atoms. The second-order valence-electron chi connectivity index (χ2n) is 2.74. The van der Waals surface area contributed by atoms with Crippen LogP contribution in [0.2, 0.25) is 0 Å². The second kappa shape index (κ2) is 5.84. The largest absolute Gasteiger partial charge is 0.480 e. The Kier molecular flexibility index (Phi) is 5.48. The van der Waals surface area contributed by atoms with Crippen LogP contribution in [0, 0.1) is 0 Å². The fourth-order valence-corrected chi connectivity index (χ4v) is 1.21. The van der Waals surface area contributed by atoms with Crippen molar-refractivity contribution in [1.82, 2.24) is 5.32 Å². The Morgan fingerprint density at radius 1 is 1.47 bits per heavy atom. The third kappa shape index (κ3) is 8.10. The number of halogens is 3. The summed E-state index contributed by atoms with van der Waals surface area (Å²) in [6.07, 6.45) is -4.32. The average Bonchev–Trinajstić information content (AvgIpc) is 2.01. The van der Waals surface area contributed by atoms with Gasteiger partial charge in [-0.3, -0.25) is 9.59 Å². The van der Waals surface area contributed by atoms with Gasteiger partial charge in [-0.25, -0.2) is 0 Å². The summed E-state index contributed by atoms with van der Waals surface area (Å²) in [6, 6.07) is -1.09. The van der Waals surface area contributed by atoms with Crippen LogP contribution in [0.3, 0.4) is 0 Å². The predicted octanol–water partition coefficient (Wildman–Crippen LogP) is 0.871. The van der Waals surface area contributed by atoms with E-state index in [1.807, 2.05) is 5.32 Å². The van der Waals surface area contributed by atoms with E-state index >= 15 is 0 Å². The van der Waals surface area contributed by atoms with Gasteiger partial charge in [-0.2, -0.15) is 13.2 Å². The lowest BCUT2D eigenvalue weighted by atomic mass is 10.3. The molecule has 0 aromatic carbocycles. The molecule has 4 nitrogen and oxygen atoms in total. The maximum atomic E-state index is 11.7. The number of amides is 1. The molecule has 8 heteroatoms. The van der Waals surface area contributed by atoms with E-state index in [1.165, 1.54) is 6.92 Å². The van der Waals surface area contributed by atoms with Crippen LogP contribution < -0.4 is 5.32 Å². The Labute approximate surface area is 88.2 Å². The molecule has 2 N–H and O–H groups in total. The summed E-state index contributed by atoms with van der Waals surface area (Å²) in [7, 11) is 0. The maximum Gasteiger partial charge on any atom is 0.397 e. The van der Waals surface area contributed by atoms with E-state index in [1.54, 1.807) is 0 Å². The van der Waals surface area contributed by atoms with Gasteiger partial charge in [0.2, 0.25) is 5.91 Å². The molecule has 0 radical (unpaired) electrons. The third-order valence-corrected chi connectivity index (χ3v) is 2.24. The lowest BCUT2D eigenvalue weighted by molar-refractivity contribution is -0.140.